The summed E-state index contributed by atoms with van der Waals surface area (Å²) in [5.41, 5.74) is 2.93. The van der Waals surface area contributed by atoms with Gasteiger partial charge in [-0.25, -0.2) is 4.98 Å². The van der Waals surface area contributed by atoms with Crippen LogP contribution in [0, 0.1) is 12.8 Å². The van der Waals surface area contributed by atoms with Crippen LogP contribution in [0.4, 0.5) is 0 Å². The first-order valence-corrected chi connectivity index (χ1v) is 9.07. The molecule has 25 heavy (non-hydrogen) atoms. The van der Waals surface area contributed by atoms with Crippen LogP contribution in [0.1, 0.15) is 49.7 Å². The van der Waals surface area contributed by atoms with Gasteiger partial charge < -0.3 is 0 Å². The molecule has 1 aliphatic heterocycles. The van der Waals surface area contributed by atoms with Gasteiger partial charge in [-0.15, -0.1) is 0 Å². The Morgan fingerprint density at radius 2 is 2.00 bits per heavy atom. The maximum atomic E-state index is 12.3. The predicted molar refractivity (Wildman–Crippen MR) is 97.4 cm³/mol. The number of piperidine rings is 1. The summed E-state index contributed by atoms with van der Waals surface area (Å²) in [6.07, 6.45) is 7.54. The number of likely N-dealkylation sites (tertiary alicyclic amines) is 1. The number of aryl methyl sites for hydroxylation is 1. The number of nitrogens with zero attached hydrogens (tertiary/aromatic N) is 5. The highest BCUT2D eigenvalue weighted by Crippen LogP contribution is 2.20. The van der Waals surface area contributed by atoms with Crippen molar-refractivity contribution >= 4 is 0 Å². The molecule has 0 bridgehead atoms. The van der Waals surface area contributed by atoms with Crippen molar-refractivity contribution in [1.29, 1.82) is 0 Å². The molecule has 6 heteroatoms. The number of hydrogen-bond donors (Lipinski definition) is 0. The Bertz CT molecular complexity index is 762. The Balaban J connectivity index is 1.53. The lowest BCUT2D eigenvalue weighted by Crippen LogP contribution is -2.36. The Morgan fingerprint density at radius 1 is 1.24 bits per heavy atom. The van der Waals surface area contributed by atoms with Crippen LogP contribution in [-0.4, -0.2) is 37.5 Å². The molecule has 134 valence electrons. The molecule has 0 aromatic carbocycles. The van der Waals surface area contributed by atoms with Gasteiger partial charge in [0.15, 0.2) is 0 Å². The molecule has 2 aromatic rings. The van der Waals surface area contributed by atoms with E-state index in [1.807, 2.05) is 13.1 Å². The van der Waals surface area contributed by atoms with Gasteiger partial charge in [-0.3, -0.25) is 24.2 Å². The molecule has 0 radical (unpaired) electrons. The van der Waals surface area contributed by atoms with Crippen LogP contribution in [0.15, 0.2) is 29.6 Å². The Hall–Kier alpha value is -2.08. The van der Waals surface area contributed by atoms with E-state index >= 15 is 0 Å². The minimum Gasteiger partial charge on any atom is -0.299 e. The van der Waals surface area contributed by atoms with Crippen molar-refractivity contribution in [2.75, 3.05) is 13.1 Å². The van der Waals surface area contributed by atoms with Crippen molar-refractivity contribution in [3.8, 4) is 0 Å². The Morgan fingerprint density at radius 3 is 2.64 bits per heavy atom. The fourth-order valence-corrected chi connectivity index (χ4v) is 3.32. The van der Waals surface area contributed by atoms with E-state index in [9.17, 15) is 4.79 Å². The lowest BCUT2D eigenvalue weighted by atomic mass is 9.96. The topological polar surface area (TPSA) is 63.9 Å². The zero-order chi connectivity index (χ0) is 17.8. The third-order valence-electron chi connectivity index (χ3n) is 4.84. The second-order valence-electron chi connectivity index (χ2n) is 7.33. The number of hydrogen-bond acceptors (Lipinski definition) is 5. The molecule has 0 unspecified atom stereocenters. The maximum Gasteiger partial charge on any atom is 0.253 e. The van der Waals surface area contributed by atoms with E-state index in [1.165, 1.54) is 0 Å². The largest absolute Gasteiger partial charge is 0.299 e. The van der Waals surface area contributed by atoms with Gasteiger partial charge in [0, 0.05) is 31.5 Å². The molecule has 0 aliphatic carbocycles. The van der Waals surface area contributed by atoms with Gasteiger partial charge >= 0.3 is 0 Å². The Labute approximate surface area is 149 Å². The van der Waals surface area contributed by atoms with Gasteiger partial charge in [0.25, 0.3) is 5.56 Å². The summed E-state index contributed by atoms with van der Waals surface area (Å²) >= 11 is 0. The minimum atomic E-state index is 0.0659. The molecule has 6 nitrogen and oxygen atoms in total. The van der Waals surface area contributed by atoms with Gasteiger partial charge in [0.2, 0.25) is 0 Å². The summed E-state index contributed by atoms with van der Waals surface area (Å²) < 4.78 is 1.76. The molecule has 1 aliphatic rings. The van der Waals surface area contributed by atoms with E-state index in [1.54, 1.807) is 23.2 Å². The van der Waals surface area contributed by atoms with Crippen molar-refractivity contribution < 1.29 is 0 Å². The quantitative estimate of drug-likeness (QED) is 0.835. The molecule has 0 spiro atoms. The lowest BCUT2D eigenvalue weighted by Gasteiger charge is -2.31. The van der Waals surface area contributed by atoms with Gasteiger partial charge in [-0.05, 0) is 44.7 Å². The lowest BCUT2D eigenvalue weighted by molar-refractivity contribution is 0.164. The first kappa shape index (κ1) is 17.7. The maximum absolute atomic E-state index is 12.3. The highest BCUT2D eigenvalue weighted by Gasteiger charge is 2.20. The summed E-state index contributed by atoms with van der Waals surface area (Å²) in [5.74, 6) is 0.819. The average Bonchev–Trinajstić information content (AvgIpc) is 2.58. The molecule has 0 saturated carbocycles. The second kappa shape index (κ2) is 7.87. The monoisotopic (exact) mass is 341 g/mol. The number of rotatable bonds is 5. The third kappa shape index (κ3) is 4.72. The molecule has 1 fully saturated rings. The molecule has 0 atom stereocenters. The molecular weight excluding hydrogens is 314 g/mol. The summed E-state index contributed by atoms with van der Waals surface area (Å²) in [7, 11) is 0. The van der Waals surface area contributed by atoms with Crippen LogP contribution >= 0.6 is 0 Å². The van der Waals surface area contributed by atoms with Crippen molar-refractivity contribution in [1.82, 2.24) is 24.4 Å². The fraction of sp³-hybridized carbons (Fsp3) is 0.579. The molecule has 2 aromatic heterocycles. The van der Waals surface area contributed by atoms with Crippen LogP contribution < -0.4 is 5.56 Å². The standard InChI is InChI=1S/C19H27N5O/c1-14(2)18-8-19(25)24(13-21-18)11-16-4-6-23(7-5-16)12-17-10-20-9-15(3)22-17/h8-10,13-14,16H,4-7,11-12H2,1-3H3. The second-order valence-corrected chi connectivity index (χ2v) is 7.33. The van der Waals surface area contributed by atoms with Crippen molar-refractivity contribution in [3.63, 3.8) is 0 Å². The molecule has 3 heterocycles. The van der Waals surface area contributed by atoms with E-state index in [0.717, 1.165) is 56.1 Å². The average molecular weight is 341 g/mol. The van der Waals surface area contributed by atoms with Crippen molar-refractivity contribution in [3.05, 3.63) is 52.2 Å². The van der Waals surface area contributed by atoms with Crippen molar-refractivity contribution in [2.45, 2.75) is 52.6 Å². The van der Waals surface area contributed by atoms with Crippen LogP contribution in [0.25, 0.3) is 0 Å². The Kier molecular flexibility index (Phi) is 5.58. The predicted octanol–water partition coefficient (Wildman–Crippen LogP) is 2.38. The molecular formula is C19H27N5O. The van der Waals surface area contributed by atoms with Gasteiger partial charge in [0.1, 0.15) is 0 Å². The molecule has 0 amide bonds. The third-order valence-corrected chi connectivity index (χ3v) is 4.84. The van der Waals surface area contributed by atoms with Gasteiger partial charge in [-0.2, -0.15) is 0 Å². The highest BCUT2D eigenvalue weighted by atomic mass is 16.1. The normalized spacial score (nSPS) is 16.5. The van der Waals surface area contributed by atoms with Crippen LogP contribution in [0.5, 0.6) is 0 Å². The summed E-state index contributed by atoms with van der Waals surface area (Å²) in [6.45, 7) is 9.77. The van der Waals surface area contributed by atoms with E-state index in [-0.39, 0.29) is 11.5 Å². The van der Waals surface area contributed by atoms with Crippen LogP contribution in [0.3, 0.4) is 0 Å². The highest BCUT2D eigenvalue weighted by molar-refractivity contribution is 5.04. The smallest absolute Gasteiger partial charge is 0.253 e. The zero-order valence-corrected chi connectivity index (χ0v) is 15.4. The summed E-state index contributed by atoms with van der Waals surface area (Å²) in [5, 5.41) is 0. The van der Waals surface area contributed by atoms with Crippen molar-refractivity contribution in [2.24, 2.45) is 5.92 Å². The molecule has 0 N–H and O–H groups in total. The fourth-order valence-electron chi connectivity index (χ4n) is 3.32. The van der Waals surface area contributed by atoms with E-state index in [2.05, 4.69) is 33.7 Å². The molecule has 1 saturated heterocycles. The van der Waals surface area contributed by atoms with E-state index in [4.69, 9.17) is 0 Å². The minimum absolute atomic E-state index is 0.0659. The first-order valence-electron chi connectivity index (χ1n) is 9.07. The SMILES string of the molecule is Cc1cncc(CN2CCC(Cn3cnc(C(C)C)cc3=O)CC2)n1. The molecule has 3 rings (SSSR count). The number of aromatic nitrogens is 4. The zero-order valence-electron chi connectivity index (χ0n) is 15.4. The van der Waals surface area contributed by atoms with Crippen LogP contribution in [-0.2, 0) is 13.1 Å². The van der Waals surface area contributed by atoms with Gasteiger partial charge in [-0.1, -0.05) is 13.8 Å². The van der Waals surface area contributed by atoms with E-state index in [0.29, 0.717) is 5.92 Å². The summed E-state index contributed by atoms with van der Waals surface area (Å²) in [4.78, 5) is 27.8. The summed E-state index contributed by atoms with van der Waals surface area (Å²) in [6, 6.07) is 1.68. The van der Waals surface area contributed by atoms with Gasteiger partial charge in [0.05, 0.1) is 23.4 Å². The first-order chi connectivity index (χ1) is 12.0. The van der Waals surface area contributed by atoms with E-state index < -0.39 is 0 Å². The van der Waals surface area contributed by atoms with Crippen LogP contribution in [0.2, 0.25) is 0 Å².